The van der Waals surface area contributed by atoms with Gasteiger partial charge in [-0.1, -0.05) is 143 Å². The Morgan fingerprint density at radius 1 is 0.396 bits per heavy atom. The number of fused-ring (bicyclic) bond motifs is 6. The monoisotopic (exact) mass is 610 g/mol. The van der Waals surface area contributed by atoms with Gasteiger partial charge >= 0.3 is 0 Å². The molecule has 0 heterocycles. The van der Waals surface area contributed by atoms with E-state index in [1.807, 2.05) is 0 Å². The highest BCUT2D eigenvalue weighted by molar-refractivity contribution is 6.23. The number of hydrogen-bond donors (Lipinski definition) is 0. The van der Waals surface area contributed by atoms with Crippen molar-refractivity contribution in [1.82, 2.24) is 0 Å². The summed E-state index contributed by atoms with van der Waals surface area (Å²) in [6.45, 7) is 9.44. The van der Waals surface area contributed by atoms with Gasteiger partial charge in [-0.15, -0.1) is 0 Å². The molecule has 0 nitrogen and oxygen atoms in total. The van der Waals surface area contributed by atoms with Gasteiger partial charge in [-0.3, -0.25) is 0 Å². The third kappa shape index (κ3) is 3.68. The van der Waals surface area contributed by atoms with E-state index >= 15 is 0 Å². The first-order valence-electron chi connectivity index (χ1n) is 17.0. The highest BCUT2D eigenvalue weighted by Crippen LogP contribution is 2.52. The van der Waals surface area contributed by atoms with Gasteiger partial charge in [-0.05, 0) is 118 Å². The molecule has 0 heteroatoms. The first-order valence-corrected chi connectivity index (χ1v) is 17.0. The lowest BCUT2D eigenvalue weighted by atomic mass is 9.80. The van der Waals surface area contributed by atoms with E-state index in [0.29, 0.717) is 0 Å². The first-order chi connectivity index (χ1) is 23.3. The third-order valence-electron chi connectivity index (χ3n) is 11.5. The molecule has 0 bridgehead atoms. The minimum absolute atomic E-state index is 0.0107. The fourth-order valence-electron chi connectivity index (χ4n) is 8.86. The fourth-order valence-corrected chi connectivity index (χ4v) is 8.86. The van der Waals surface area contributed by atoms with Crippen LogP contribution >= 0.6 is 0 Å². The van der Waals surface area contributed by atoms with Gasteiger partial charge in [0.1, 0.15) is 0 Å². The molecule has 8 aromatic rings. The maximum atomic E-state index is 3.57. The van der Waals surface area contributed by atoms with Crippen molar-refractivity contribution >= 4 is 32.3 Å². The fraction of sp³-hybridized carbons (Fsp3) is 0.125. The maximum Gasteiger partial charge on any atom is 0.0328 e. The van der Waals surface area contributed by atoms with Crippen molar-refractivity contribution in [2.24, 2.45) is 0 Å². The van der Waals surface area contributed by atoms with E-state index in [0.717, 1.165) is 11.1 Å². The number of hydrogen-bond acceptors (Lipinski definition) is 0. The molecule has 0 saturated carbocycles. The van der Waals surface area contributed by atoms with Crippen LogP contribution in [0.1, 0.15) is 61.1 Å². The van der Waals surface area contributed by atoms with Gasteiger partial charge in [0.05, 0.1) is 0 Å². The van der Waals surface area contributed by atoms with Crippen molar-refractivity contribution in [2.75, 3.05) is 0 Å². The van der Waals surface area contributed by atoms with Crippen LogP contribution in [0.15, 0.2) is 133 Å². The minimum atomic E-state index is -0.127. The Labute approximate surface area is 282 Å². The van der Waals surface area contributed by atoms with Crippen molar-refractivity contribution in [3.8, 4) is 45.2 Å². The second-order valence-electron chi connectivity index (χ2n) is 14.8. The standard InChI is InChI=1S/C48H34/c1-47(2)41-11-6-5-10-37(41)39-24-20-34(27-43(39)47)35-21-25-40-38-22-13-29(26-42(38)48(3,4)44(40)28-35)12-14-30-15-16-33-18-17-31-8-7-9-32-19-23-36(30)46(33)45(31)32/h5-11,13,15-28H,1-4H3. The average molecular weight is 611 g/mol. The molecule has 8 aromatic carbocycles. The molecule has 0 radical (unpaired) electrons. The molecule has 0 spiro atoms. The van der Waals surface area contributed by atoms with Crippen molar-refractivity contribution in [1.29, 1.82) is 0 Å². The predicted octanol–water partition coefficient (Wildman–Crippen LogP) is 12.3. The summed E-state index contributed by atoms with van der Waals surface area (Å²) >= 11 is 0. The highest BCUT2D eigenvalue weighted by atomic mass is 14.4. The van der Waals surface area contributed by atoms with E-state index in [9.17, 15) is 0 Å². The lowest BCUT2D eigenvalue weighted by Crippen LogP contribution is -2.15. The van der Waals surface area contributed by atoms with Crippen LogP contribution < -0.4 is 0 Å². The third-order valence-corrected chi connectivity index (χ3v) is 11.5. The van der Waals surface area contributed by atoms with E-state index in [1.165, 1.54) is 88.0 Å². The van der Waals surface area contributed by atoms with Crippen molar-refractivity contribution < 1.29 is 0 Å². The molecule has 0 unspecified atom stereocenters. The Kier molecular flexibility index (Phi) is 5.42. The molecule has 0 N–H and O–H groups in total. The zero-order valence-electron chi connectivity index (χ0n) is 27.7. The Morgan fingerprint density at radius 2 is 0.938 bits per heavy atom. The molecule has 226 valence electrons. The number of benzene rings is 8. The molecular formula is C48H34. The summed E-state index contributed by atoms with van der Waals surface area (Å²) in [5.74, 6) is 7.13. The Bertz CT molecular complexity index is 2710. The Morgan fingerprint density at radius 3 is 1.65 bits per heavy atom. The van der Waals surface area contributed by atoms with Crippen LogP contribution in [-0.2, 0) is 10.8 Å². The van der Waals surface area contributed by atoms with Crippen LogP contribution in [-0.4, -0.2) is 0 Å². The Balaban J connectivity index is 1.02. The lowest BCUT2D eigenvalue weighted by Gasteiger charge is -2.23. The maximum absolute atomic E-state index is 3.57. The smallest absolute Gasteiger partial charge is 0.0328 e. The summed E-state index contributed by atoms with van der Waals surface area (Å²) in [6, 6.07) is 49.7. The van der Waals surface area contributed by atoms with Gasteiger partial charge in [0.2, 0.25) is 0 Å². The molecule has 10 rings (SSSR count). The van der Waals surface area contributed by atoms with Crippen LogP contribution in [0.3, 0.4) is 0 Å². The quantitative estimate of drug-likeness (QED) is 0.128. The number of rotatable bonds is 1. The molecule has 48 heavy (non-hydrogen) atoms. The van der Waals surface area contributed by atoms with Gasteiger partial charge in [0.15, 0.2) is 0 Å². The Hall–Kier alpha value is -5.64. The molecule has 0 saturated heterocycles. The molecule has 0 fully saturated rings. The zero-order chi connectivity index (χ0) is 32.4. The van der Waals surface area contributed by atoms with Crippen LogP contribution in [0.5, 0.6) is 0 Å². The SMILES string of the molecule is CC1(C)c2ccccc2-c2ccc(-c3ccc4c(c3)C(C)(C)c3cc(C#Cc5ccc6ccc7cccc8ccc5c6c78)ccc3-4)cc21. The van der Waals surface area contributed by atoms with Crippen LogP contribution in [0.4, 0.5) is 0 Å². The summed E-state index contributed by atoms with van der Waals surface area (Å²) in [7, 11) is 0. The average Bonchev–Trinajstić information content (AvgIpc) is 3.48. The van der Waals surface area contributed by atoms with Crippen LogP contribution in [0.2, 0.25) is 0 Å². The van der Waals surface area contributed by atoms with E-state index in [1.54, 1.807) is 0 Å². The molecule has 0 atom stereocenters. The topological polar surface area (TPSA) is 0 Å². The van der Waals surface area contributed by atoms with E-state index in [2.05, 4.69) is 173 Å². The van der Waals surface area contributed by atoms with Gasteiger partial charge in [0.25, 0.3) is 0 Å². The summed E-state index contributed by atoms with van der Waals surface area (Å²) in [5, 5.41) is 7.71. The summed E-state index contributed by atoms with van der Waals surface area (Å²) in [6.07, 6.45) is 0. The highest BCUT2D eigenvalue weighted by Gasteiger charge is 2.37. The van der Waals surface area contributed by atoms with E-state index < -0.39 is 0 Å². The zero-order valence-corrected chi connectivity index (χ0v) is 27.7. The minimum Gasteiger partial charge on any atom is -0.0619 e. The molecule has 2 aliphatic rings. The predicted molar refractivity (Wildman–Crippen MR) is 203 cm³/mol. The summed E-state index contributed by atoms with van der Waals surface area (Å²) < 4.78 is 0. The lowest BCUT2D eigenvalue weighted by molar-refractivity contribution is 0.659. The van der Waals surface area contributed by atoms with Crippen LogP contribution in [0, 0.1) is 11.8 Å². The summed E-state index contributed by atoms with van der Waals surface area (Å²) in [4.78, 5) is 0. The molecular weight excluding hydrogens is 577 g/mol. The van der Waals surface area contributed by atoms with E-state index in [-0.39, 0.29) is 10.8 Å². The first kappa shape index (κ1) is 27.5. The molecule has 0 amide bonds. The second-order valence-corrected chi connectivity index (χ2v) is 14.8. The normalized spacial score (nSPS) is 14.8. The van der Waals surface area contributed by atoms with Crippen molar-refractivity contribution in [3.63, 3.8) is 0 Å². The van der Waals surface area contributed by atoms with Crippen LogP contribution in [0.25, 0.3) is 65.7 Å². The van der Waals surface area contributed by atoms with E-state index in [4.69, 9.17) is 0 Å². The largest absolute Gasteiger partial charge is 0.0619 e. The molecule has 0 aromatic heterocycles. The van der Waals surface area contributed by atoms with Crippen molar-refractivity contribution in [3.05, 3.63) is 167 Å². The molecule has 0 aliphatic heterocycles. The van der Waals surface area contributed by atoms with Gasteiger partial charge in [-0.25, -0.2) is 0 Å². The van der Waals surface area contributed by atoms with Gasteiger partial charge in [-0.2, -0.15) is 0 Å². The van der Waals surface area contributed by atoms with Gasteiger partial charge < -0.3 is 0 Å². The second kappa shape index (κ2) is 9.47. The van der Waals surface area contributed by atoms with Gasteiger partial charge in [0, 0.05) is 22.0 Å². The summed E-state index contributed by atoms with van der Waals surface area (Å²) in [5.41, 5.74) is 15.5. The van der Waals surface area contributed by atoms with Crippen molar-refractivity contribution in [2.45, 2.75) is 38.5 Å². The molecule has 2 aliphatic carbocycles.